The second kappa shape index (κ2) is 6.78. The van der Waals surface area contributed by atoms with Gasteiger partial charge >= 0.3 is 0 Å². The molecule has 3 aromatic rings. The molecule has 0 atom stereocenters. The van der Waals surface area contributed by atoms with Gasteiger partial charge in [-0.1, -0.05) is 24.3 Å². The summed E-state index contributed by atoms with van der Waals surface area (Å²) in [6.45, 7) is 1.11. The minimum absolute atomic E-state index is 0.550. The largest absolute Gasteiger partial charge is 0.444 e. The molecular weight excluding hydrogens is 276 g/mol. The van der Waals surface area contributed by atoms with Crippen LogP contribution in [0.5, 0.6) is 0 Å². The molecule has 2 N–H and O–H groups in total. The molecule has 0 bridgehead atoms. The Hall–Kier alpha value is -2.79. The van der Waals surface area contributed by atoms with Gasteiger partial charge in [0.2, 0.25) is 0 Å². The van der Waals surface area contributed by atoms with Crippen LogP contribution in [-0.4, -0.2) is 4.98 Å². The van der Waals surface area contributed by atoms with Crippen molar-refractivity contribution in [3.8, 4) is 11.3 Å². The third kappa shape index (κ3) is 3.45. The van der Waals surface area contributed by atoms with Gasteiger partial charge < -0.3 is 10.2 Å². The first kappa shape index (κ1) is 14.2. The van der Waals surface area contributed by atoms with Crippen molar-refractivity contribution in [1.82, 2.24) is 4.98 Å². The molecule has 0 saturated heterocycles. The molecule has 22 heavy (non-hydrogen) atoms. The van der Waals surface area contributed by atoms with E-state index in [1.54, 1.807) is 6.20 Å². The van der Waals surface area contributed by atoms with Crippen LogP contribution in [-0.2, 0) is 13.1 Å². The number of nitrogens with two attached hydrogens (primary N) is 1. The molecule has 2 aromatic carbocycles. The van der Waals surface area contributed by atoms with E-state index in [1.165, 1.54) is 6.39 Å². The summed E-state index contributed by atoms with van der Waals surface area (Å²) in [6, 6.07) is 15.7. The number of azo groups is 1. The summed E-state index contributed by atoms with van der Waals surface area (Å²) < 4.78 is 5.24. The number of nitrogens with zero attached hydrogens (tertiary/aromatic N) is 3. The van der Waals surface area contributed by atoms with Crippen molar-refractivity contribution < 1.29 is 4.42 Å². The van der Waals surface area contributed by atoms with Gasteiger partial charge in [-0.2, -0.15) is 10.2 Å². The maximum absolute atomic E-state index is 5.57. The molecule has 0 aliphatic rings. The molecule has 3 rings (SSSR count). The van der Waals surface area contributed by atoms with E-state index in [2.05, 4.69) is 15.2 Å². The van der Waals surface area contributed by atoms with Crippen LogP contribution in [0, 0.1) is 0 Å². The summed E-state index contributed by atoms with van der Waals surface area (Å²) in [6.07, 6.45) is 3.10. The summed E-state index contributed by atoms with van der Waals surface area (Å²) >= 11 is 0. The topological polar surface area (TPSA) is 76.8 Å². The van der Waals surface area contributed by atoms with Gasteiger partial charge in [0, 0.05) is 12.1 Å². The first-order valence-electron chi connectivity index (χ1n) is 6.99. The van der Waals surface area contributed by atoms with Gasteiger partial charge in [-0.3, -0.25) is 0 Å². The molecule has 0 saturated carbocycles. The fourth-order valence-electron chi connectivity index (χ4n) is 2.03. The smallest absolute Gasteiger partial charge is 0.181 e. The van der Waals surface area contributed by atoms with Gasteiger partial charge in [0.05, 0.1) is 18.4 Å². The molecule has 0 aliphatic carbocycles. The Bertz CT molecular complexity index is 731. The number of rotatable bonds is 5. The Morgan fingerprint density at radius 1 is 0.955 bits per heavy atom. The van der Waals surface area contributed by atoms with Gasteiger partial charge in [0.1, 0.15) is 0 Å². The lowest BCUT2D eigenvalue weighted by Crippen LogP contribution is -1.95. The second-order valence-corrected chi connectivity index (χ2v) is 4.83. The fraction of sp³-hybridized carbons (Fsp3) is 0.118. The standard InChI is InChI=1S/C17H16N4O/c18-9-13-1-3-14(4-2-13)10-20-21-16-7-5-15(6-8-16)17-11-19-12-22-17/h1-8,11-12H,9-10,18H2. The lowest BCUT2D eigenvalue weighted by atomic mass is 10.1. The Morgan fingerprint density at radius 2 is 1.68 bits per heavy atom. The lowest BCUT2D eigenvalue weighted by molar-refractivity contribution is 0.572. The quantitative estimate of drug-likeness (QED) is 0.720. The summed E-state index contributed by atoms with van der Waals surface area (Å²) in [4.78, 5) is 3.90. The highest BCUT2D eigenvalue weighted by atomic mass is 16.3. The fourth-order valence-corrected chi connectivity index (χ4v) is 2.03. The molecule has 0 amide bonds. The van der Waals surface area contributed by atoms with Crippen LogP contribution in [0.25, 0.3) is 11.3 Å². The normalized spacial score (nSPS) is 11.1. The van der Waals surface area contributed by atoms with Gasteiger partial charge in [-0.25, -0.2) is 4.98 Å². The van der Waals surface area contributed by atoms with E-state index >= 15 is 0 Å². The van der Waals surface area contributed by atoms with Crippen molar-refractivity contribution >= 4 is 5.69 Å². The SMILES string of the molecule is NCc1ccc(CN=Nc2ccc(-c3cnco3)cc2)cc1. The maximum atomic E-state index is 5.57. The molecule has 0 spiro atoms. The predicted octanol–water partition coefficient (Wildman–Crippen LogP) is 4.08. The number of hydrogen-bond acceptors (Lipinski definition) is 5. The Labute approximate surface area is 128 Å². The van der Waals surface area contributed by atoms with E-state index in [0.29, 0.717) is 13.1 Å². The third-order valence-electron chi connectivity index (χ3n) is 3.28. The summed E-state index contributed by atoms with van der Waals surface area (Å²) in [5.41, 5.74) is 9.57. The average Bonchev–Trinajstić information content (AvgIpc) is 3.11. The number of hydrogen-bond donors (Lipinski definition) is 1. The van der Waals surface area contributed by atoms with Crippen LogP contribution in [0.1, 0.15) is 11.1 Å². The van der Waals surface area contributed by atoms with Crippen LogP contribution >= 0.6 is 0 Å². The van der Waals surface area contributed by atoms with Crippen LogP contribution in [0.15, 0.2) is 75.8 Å². The van der Waals surface area contributed by atoms with Crippen molar-refractivity contribution in [3.63, 3.8) is 0 Å². The molecule has 110 valence electrons. The van der Waals surface area contributed by atoms with E-state index in [4.69, 9.17) is 10.2 Å². The molecule has 0 aliphatic heterocycles. The molecule has 0 fully saturated rings. The van der Waals surface area contributed by atoms with Gasteiger partial charge in [0.15, 0.2) is 12.2 Å². The maximum Gasteiger partial charge on any atom is 0.181 e. The minimum Gasteiger partial charge on any atom is -0.444 e. The van der Waals surface area contributed by atoms with Crippen LogP contribution in [0.3, 0.4) is 0 Å². The van der Waals surface area contributed by atoms with Crippen LogP contribution in [0.4, 0.5) is 5.69 Å². The molecule has 5 nitrogen and oxygen atoms in total. The van der Waals surface area contributed by atoms with E-state index in [1.807, 2.05) is 48.5 Å². The van der Waals surface area contributed by atoms with Crippen LogP contribution < -0.4 is 5.73 Å². The molecule has 0 radical (unpaired) electrons. The Kier molecular flexibility index (Phi) is 4.36. The van der Waals surface area contributed by atoms with E-state index in [0.717, 1.165) is 28.1 Å². The van der Waals surface area contributed by atoms with Crippen molar-refractivity contribution in [1.29, 1.82) is 0 Å². The van der Waals surface area contributed by atoms with Crippen molar-refractivity contribution in [2.75, 3.05) is 0 Å². The summed E-state index contributed by atoms with van der Waals surface area (Å²) in [5.74, 6) is 0.739. The van der Waals surface area contributed by atoms with Gasteiger partial charge in [-0.05, 0) is 35.4 Å². The molecule has 0 unspecified atom stereocenters. The first-order valence-corrected chi connectivity index (χ1v) is 6.99. The molecular formula is C17H16N4O. The van der Waals surface area contributed by atoms with Crippen molar-refractivity contribution in [2.24, 2.45) is 16.0 Å². The lowest BCUT2D eigenvalue weighted by Gasteiger charge is -1.99. The summed E-state index contributed by atoms with van der Waals surface area (Å²) in [5, 5.41) is 8.44. The monoisotopic (exact) mass is 292 g/mol. The average molecular weight is 292 g/mol. The third-order valence-corrected chi connectivity index (χ3v) is 3.28. The zero-order chi connectivity index (χ0) is 15.2. The zero-order valence-corrected chi connectivity index (χ0v) is 12.0. The number of aromatic nitrogens is 1. The van der Waals surface area contributed by atoms with E-state index < -0.39 is 0 Å². The summed E-state index contributed by atoms with van der Waals surface area (Å²) in [7, 11) is 0. The highest BCUT2D eigenvalue weighted by molar-refractivity contribution is 5.59. The Balaban J connectivity index is 1.62. The number of benzene rings is 2. The minimum atomic E-state index is 0.550. The van der Waals surface area contributed by atoms with Gasteiger partial charge in [-0.15, -0.1) is 0 Å². The van der Waals surface area contributed by atoms with E-state index in [-0.39, 0.29) is 0 Å². The highest BCUT2D eigenvalue weighted by Crippen LogP contribution is 2.22. The zero-order valence-electron chi connectivity index (χ0n) is 12.0. The molecule has 1 heterocycles. The highest BCUT2D eigenvalue weighted by Gasteiger charge is 2.00. The first-order chi connectivity index (χ1) is 10.8. The van der Waals surface area contributed by atoms with E-state index in [9.17, 15) is 0 Å². The Morgan fingerprint density at radius 3 is 2.32 bits per heavy atom. The van der Waals surface area contributed by atoms with Crippen molar-refractivity contribution in [3.05, 3.63) is 72.2 Å². The van der Waals surface area contributed by atoms with Crippen LogP contribution in [0.2, 0.25) is 0 Å². The molecule has 5 heteroatoms. The van der Waals surface area contributed by atoms with Crippen molar-refractivity contribution in [2.45, 2.75) is 13.1 Å². The second-order valence-electron chi connectivity index (χ2n) is 4.83. The van der Waals surface area contributed by atoms with Gasteiger partial charge in [0.25, 0.3) is 0 Å². The molecule has 1 aromatic heterocycles. The predicted molar refractivity (Wildman–Crippen MR) is 84.5 cm³/mol. The number of oxazole rings is 1.